The number of aromatic nitrogens is 1. The van der Waals surface area contributed by atoms with Gasteiger partial charge in [0.1, 0.15) is 30.8 Å². The summed E-state index contributed by atoms with van der Waals surface area (Å²) in [4.78, 5) is 86.9. The predicted molar refractivity (Wildman–Crippen MR) is 228 cm³/mol. The Hall–Kier alpha value is -6.76. The molecule has 13 heteroatoms. The van der Waals surface area contributed by atoms with Gasteiger partial charge in [-0.2, -0.15) is 0 Å². The van der Waals surface area contributed by atoms with E-state index in [0.29, 0.717) is 23.0 Å². The molecule has 1 aliphatic carbocycles. The predicted octanol–water partition coefficient (Wildman–Crippen LogP) is 4.90. The molecule has 13 nitrogen and oxygen atoms in total. The highest BCUT2D eigenvalue weighted by molar-refractivity contribution is 6.01. The minimum absolute atomic E-state index is 0.0338. The second-order valence-corrected chi connectivity index (χ2v) is 16.4. The Morgan fingerprint density at radius 2 is 1.38 bits per heavy atom. The Bertz CT molecular complexity index is 2400. The first-order valence-electron chi connectivity index (χ1n) is 21.0. The molecule has 1 saturated carbocycles. The van der Waals surface area contributed by atoms with Crippen molar-refractivity contribution in [2.24, 2.45) is 5.92 Å². The molecule has 0 unspecified atom stereocenters. The van der Waals surface area contributed by atoms with Crippen LogP contribution in [0.5, 0.6) is 0 Å². The van der Waals surface area contributed by atoms with E-state index in [4.69, 9.17) is 4.74 Å². The molecule has 3 saturated heterocycles. The monoisotopic (exact) mass is 822 g/mol. The van der Waals surface area contributed by atoms with Gasteiger partial charge in [0.25, 0.3) is 0 Å². The molecule has 4 aromatic carbocycles. The largest absolute Gasteiger partial charge is 0.444 e. The van der Waals surface area contributed by atoms with Crippen LogP contribution in [0.3, 0.4) is 0 Å². The molecule has 4 aliphatic rings. The number of benzene rings is 4. The van der Waals surface area contributed by atoms with Crippen LogP contribution in [-0.4, -0.2) is 87.3 Å². The molecule has 4 fully saturated rings. The number of para-hydroxylation sites is 1. The van der Waals surface area contributed by atoms with Crippen LogP contribution in [0.1, 0.15) is 54.4 Å². The number of hydrogen-bond acceptors (Lipinski definition) is 7. The summed E-state index contributed by atoms with van der Waals surface area (Å²) in [5.41, 5.74) is 3.66. The van der Waals surface area contributed by atoms with E-state index >= 15 is 0 Å². The average Bonchev–Trinajstić information content (AvgIpc) is 3.65. The zero-order chi connectivity index (χ0) is 42.5. The first kappa shape index (κ1) is 41.0. The second kappa shape index (κ2) is 18.2. The molecule has 4 atom stereocenters. The van der Waals surface area contributed by atoms with E-state index in [9.17, 15) is 28.8 Å². The lowest BCUT2D eigenvalue weighted by Crippen LogP contribution is -2.71. The number of nitrogens with one attached hydrogen (secondary N) is 3. The van der Waals surface area contributed by atoms with Gasteiger partial charge in [-0.15, -0.1) is 0 Å². The number of piperidine rings is 2. The van der Waals surface area contributed by atoms with Crippen molar-refractivity contribution in [2.45, 2.75) is 88.3 Å². The standard InChI is InChI=1S/C48H50N6O7/c1-52(28-32-15-7-3-8-16-32)46(58)39(25-31-13-5-2-6-14-31)50-44(56)38(49-42(55)27-40-47(59)54-36-23-21-34(22-24-36)43(54)45(57)51-40)26-35-29-53(41-20-12-11-19-37(35)41)48(60)61-30-33-17-9-4-10-18-33/h2-20,29,34,36,38-40,43H,21-28,30H2,1H3,(H,49,55)(H,50,56)(H,51,57)/t34?,36?,38-,39+,40+,43+/m1/s1. The number of fused-ring (bicyclic) bond motifs is 3. The third kappa shape index (κ3) is 9.20. The molecular weight excluding hydrogens is 773 g/mol. The quantitative estimate of drug-likeness (QED) is 0.144. The van der Waals surface area contributed by atoms with Crippen molar-refractivity contribution in [1.82, 2.24) is 30.3 Å². The lowest BCUT2D eigenvalue weighted by Gasteiger charge is -2.53. The van der Waals surface area contributed by atoms with E-state index in [1.807, 2.05) is 103 Å². The molecular formula is C48H50N6O7. The number of hydrogen-bond donors (Lipinski definition) is 3. The summed E-state index contributed by atoms with van der Waals surface area (Å²) in [5.74, 6) is -2.03. The average molecular weight is 823 g/mol. The molecule has 61 heavy (non-hydrogen) atoms. The molecule has 1 aromatic heterocycles. The minimum Gasteiger partial charge on any atom is -0.444 e. The zero-order valence-corrected chi connectivity index (χ0v) is 34.1. The Morgan fingerprint density at radius 3 is 2.07 bits per heavy atom. The molecule has 0 spiro atoms. The van der Waals surface area contributed by atoms with Crippen LogP contribution in [0.4, 0.5) is 4.79 Å². The van der Waals surface area contributed by atoms with E-state index < -0.39 is 42.1 Å². The van der Waals surface area contributed by atoms with Crippen molar-refractivity contribution in [3.8, 4) is 0 Å². The Balaban J connectivity index is 1.06. The van der Waals surface area contributed by atoms with Crippen LogP contribution >= 0.6 is 0 Å². The lowest BCUT2D eigenvalue weighted by molar-refractivity contribution is -0.163. The van der Waals surface area contributed by atoms with Crippen molar-refractivity contribution >= 4 is 46.5 Å². The van der Waals surface area contributed by atoms with Gasteiger partial charge in [-0.25, -0.2) is 4.79 Å². The molecule has 9 rings (SSSR count). The highest BCUT2D eigenvalue weighted by Gasteiger charge is 2.52. The van der Waals surface area contributed by atoms with Crippen molar-refractivity contribution in [3.05, 3.63) is 144 Å². The van der Waals surface area contributed by atoms with Gasteiger partial charge in [0.05, 0.1) is 11.9 Å². The lowest BCUT2D eigenvalue weighted by atomic mass is 9.73. The van der Waals surface area contributed by atoms with Gasteiger partial charge >= 0.3 is 6.09 Å². The molecule has 5 aromatic rings. The highest BCUT2D eigenvalue weighted by Crippen LogP contribution is 2.41. The van der Waals surface area contributed by atoms with Gasteiger partial charge in [-0.05, 0) is 59.9 Å². The normalized spacial score (nSPS) is 20.2. The van der Waals surface area contributed by atoms with Gasteiger partial charge in [0, 0.05) is 44.1 Å². The van der Waals surface area contributed by atoms with Gasteiger partial charge in [0.15, 0.2) is 0 Å². The minimum atomic E-state index is -1.26. The maximum Gasteiger partial charge on any atom is 0.418 e. The molecule has 5 amide bonds. The number of carbonyl (C=O) groups excluding carboxylic acids is 6. The Morgan fingerprint density at radius 1 is 0.754 bits per heavy atom. The van der Waals surface area contributed by atoms with E-state index in [1.165, 1.54) is 4.57 Å². The first-order valence-corrected chi connectivity index (χ1v) is 21.0. The fourth-order valence-electron chi connectivity index (χ4n) is 9.19. The molecule has 3 N–H and O–H groups in total. The number of carbonyl (C=O) groups is 6. The molecule has 2 bridgehead atoms. The van der Waals surface area contributed by atoms with E-state index in [2.05, 4.69) is 16.0 Å². The molecule has 0 radical (unpaired) electrons. The number of ether oxygens (including phenoxy) is 1. The third-order valence-corrected chi connectivity index (χ3v) is 12.2. The summed E-state index contributed by atoms with van der Waals surface area (Å²) in [5, 5.41) is 9.28. The molecule has 3 aliphatic heterocycles. The van der Waals surface area contributed by atoms with Crippen LogP contribution in [0, 0.1) is 5.92 Å². The maximum atomic E-state index is 14.6. The van der Waals surface area contributed by atoms with Crippen molar-refractivity contribution < 1.29 is 33.5 Å². The zero-order valence-electron chi connectivity index (χ0n) is 34.1. The summed E-state index contributed by atoms with van der Waals surface area (Å²) in [7, 11) is 1.68. The fraction of sp³-hybridized carbons (Fsp3) is 0.333. The summed E-state index contributed by atoms with van der Waals surface area (Å²) >= 11 is 0. The van der Waals surface area contributed by atoms with Gasteiger partial charge < -0.3 is 30.5 Å². The van der Waals surface area contributed by atoms with Crippen LogP contribution in [0.25, 0.3) is 10.9 Å². The molecule has 314 valence electrons. The Kier molecular flexibility index (Phi) is 12.3. The first-order chi connectivity index (χ1) is 29.6. The Labute approximate surface area is 354 Å². The van der Waals surface area contributed by atoms with Crippen molar-refractivity contribution in [2.75, 3.05) is 7.05 Å². The van der Waals surface area contributed by atoms with Gasteiger partial charge in [0.2, 0.25) is 29.5 Å². The number of nitrogens with zero attached hydrogens (tertiary/aromatic N) is 3. The third-order valence-electron chi connectivity index (χ3n) is 12.2. The molecule has 4 heterocycles. The van der Waals surface area contributed by atoms with E-state index in [0.717, 1.165) is 42.4 Å². The SMILES string of the molecule is CN(Cc1ccccc1)C(=O)[C@H](Cc1ccccc1)NC(=O)[C@@H](Cc1cn(C(=O)OCc2ccccc2)c2ccccc12)NC(=O)C[C@@H]1NC(=O)[C@@H]2C3CCC(CC3)N2C1=O. The number of amides is 5. The highest BCUT2D eigenvalue weighted by atomic mass is 16.5. The number of likely N-dealkylation sites (N-methyl/N-ethyl adjacent to an activating group) is 1. The van der Waals surface area contributed by atoms with Crippen molar-refractivity contribution in [3.63, 3.8) is 0 Å². The number of piperazine rings is 1. The van der Waals surface area contributed by atoms with Crippen LogP contribution < -0.4 is 16.0 Å². The summed E-state index contributed by atoms with van der Waals surface area (Å²) in [6.07, 6.45) is 4.15. The van der Waals surface area contributed by atoms with Gasteiger partial charge in [-0.1, -0.05) is 109 Å². The van der Waals surface area contributed by atoms with Crippen LogP contribution in [-0.2, 0) is 54.7 Å². The topological polar surface area (TPSA) is 159 Å². The van der Waals surface area contributed by atoms with Crippen LogP contribution in [0.2, 0.25) is 0 Å². The summed E-state index contributed by atoms with van der Waals surface area (Å²) in [6.45, 7) is 0.357. The van der Waals surface area contributed by atoms with E-state index in [-0.39, 0.29) is 55.6 Å². The van der Waals surface area contributed by atoms with Gasteiger partial charge in [-0.3, -0.25) is 28.5 Å². The van der Waals surface area contributed by atoms with Crippen LogP contribution in [0.15, 0.2) is 121 Å². The van der Waals surface area contributed by atoms with E-state index in [1.54, 1.807) is 35.2 Å². The second-order valence-electron chi connectivity index (χ2n) is 16.4. The number of rotatable bonds is 14. The smallest absolute Gasteiger partial charge is 0.418 e. The maximum absolute atomic E-state index is 14.6. The van der Waals surface area contributed by atoms with Crippen molar-refractivity contribution in [1.29, 1.82) is 0 Å². The summed E-state index contributed by atoms with van der Waals surface area (Å²) in [6, 6.07) is 31.5. The fourth-order valence-corrected chi connectivity index (χ4v) is 9.19. The summed E-state index contributed by atoms with van der Waals surface area (Å²) < 4.78 is 7.05.